The summed E-state index contributed by atoms with van der Waals surface area (Å²) in [4.78, 5) is 15.4. The first-order valence-corrected chi connectivity index (χ1v) is 12.5. The van der Waals surface area contributed by atoms with Crippen molar-refractivity contribution in [3.8, 4) is 16.3 Å². The molecular weight excluding hydrogens is 472 g/mol. The third kappa shape index (κ3) is 5.99. The molecule has 0 fully saturated rings. The molecule has 0 saturated heterocycles. The van der Waals surface area contributed by atoms with Gasteiger partial charge in [-0.2, -0.15) is 0 Å². The number of carbonyl (C=O) groups is 1. The molecule has 0 amide bonds. The Morgan fingerprint density at radius 3 is 2.32 bits per heavy atom. The Kier molecular flexibility index (Phi) is 7.56. The zero-order valence-corrected chi connectivity index (χ0v) is 20.1. The van der Waals surface area contributed by atoms with Crippen LogP contribution in [0, 0.1) is 5.92 Å². The molecule has 3 aromatic carbocycles. The van der Waals surface area contributed by atoms with Gasteiger partial charge in [0.15, 0.2) is 0 Å². The fraction of sp³-hybridized carbons (Fsp3) is 0.200. The van der Waals surface area contributed by atoms with Gasteiger partial charge in [-0.25, -0.2) is 9.19 Å². The molecule has 0 radical (unpaired) electrons. The van der Waals surface area contributed by atoms with Crippen molar-refractivity contribution in [3.63, 3.8) is 0 Å². The van der Waals surface area contributed by atoms with Crippen molar-refractivity contribution in [1.29, 1.82) is 0 Å². The van der Waals surface area contributed by atoms with Crippen LogP contribution < -0.4 is 9.04 Å². The molecule has 176 valence electrons. The smallest absolute Gasteiger partial charge is 0.303 e. The first-order valence-electron chi connectivity index (χ1n) is 10.7. The Labute approximate surface area is 204 Å². The van der Waals surface area contributed by atoms with Gasteiger partial charge in [-0.15, -0.1) is 0 Å². The SMILES string of the molecule is CC(CC(=O)O)CN(c1ccc(-c2ccc(COc3nc4ccccc4s3)cc2)cc1)S(=O)O. The topological polar surface area (TPSA) is 100.0 Å². The third-order valence-electron chi connectivity index (χ3n) is 5.27. The van der Waals surface area contributed by atoms with E-state index in [1.165, 1.54) is 15.6 Å². The van der Waals surface area contributed by atoms with E-state index in [4.69, 9.17) is 9.84 Å². The minimum Gasteiger partial charge on any atom is -0.481 e. The van der Waals surface area contributed by atoms with E-state index in [0.29, 0.717) is 17.5 Å². The van der Waals surface area contributed by atoms with E-state index in [1.54, 1.807) is 19.1 Å². The lowest BCUT2D eigenvalue weighted by atomic mass is 10.0. The average Bonchev–Trinajstić information content (AvgIpc) is 3.24. The highest BCUT2D eigenvalue weighted by Gasteiger charge is 2.18. The van der Waals surface area contributed by atoms with Crippen LogP contribution in [0.15, 0.2) is 72.8 Å². The van der Waals surface area contributed by atoms with E-state index in [9.17, 15) is 13.6 Å². The predicted molar refractivity (Wildman–Crippen MR) is 135 cm³/mol. The number of anilines is 1. The van der Waals surface area contributed by atoms with E-state index in [1.807, 2.05) is 60.7 Å². The van der Waals surface area contributed by atoms with Gasteiger partial charge < -0.3 is 9.84 Å². The maximum atomic E-state index is 11.8. The highest BCUT2D eigenvalue weighted by atomic mass is 32.2. The maximum absolute atomic E-state index is 11.8. The summed E-state index contributed by atoms with van der Waals surface area (Å²) < 4.78 is 29.7. The Hall–Kier alpha value is -3.27. The number of rotatable bonds is 10. The van der Waals surface area contributed by atoms with Gasteiger partial charge in [-0.1, -0.05) is 66.8 Å². The second kappa shape index (κ2) is 10.8. The van der Waals surface area contributed by atoms with Crippen molar-refractivity contribution in [1.82, 2.24) is 4.98 Å². The molecule has 2 N–H and O–H groups in total. The van der Waals surface area contributed by atoms with Crippen LogP contribution in [0.1, 0.15) is 18.9 Å². The molecule has 2 atom stereocenters. The molecular formula is C25H24N2O5S2. The molecule has 0 spiro atoms. The van der Waals surface area contributed by atoms with Crippen LogP contribution in [-0.2, 0) is 22.7 Å². The van der Waals surface area contributed by atoms with E-state index >= 15 is 0 Å². The number of aromatic nitrogens is 1. The molecule has 0 aliphatic carbocycles. The van der Waals surface area contributed by atoms with Crippen LogP contribution in [-0.4, -0.2) is 31.4 Å². The largest absolute Gasteiger partial charge is 0.481 e. The number of nitrogens with zero attached hydrogens (tertiary/aromatic N) is 2. The van der Waals surface area contributed by atoms with Crippen LogP contribution in [0.4, 0.5) is 5.69 Å². The summed E-state index contributed by atoms with van der Waals surface area (Å²) in [5, 5.41) is 9.59. The molecule has 34 heavy (non-hydrogen) atoms. The normalized spacial score (nSPS) is 12.9. The van der Waals surface area contributed by atoms with Gasteiger partial charge in [0.1, 0.15) is 6.61 Å². The summed E-state index contributed by atoms with van der Waals surface area (Å²) in [5.41, 5.74) is 4.48. The number of benzene rings is 3. The second-order valence-electron chi connectivity index (χ2n) is 7.97. The Morgan fingerprint density at radius 2 is 1.71 bits per heavy atom. The summed E-state index contributed by atoms with van der Waals surface area (Å²) >= 11 is -0.723. The molecule has 1 heterocycles. The van der Waals surface area contributed by atoms with Crippen LogP contribution in [0.3, 0.4) is 0 Å². The zero-order chi connectivity index (χ0) is 24.1. The van der Waals surface area contributed by atoms with Gasteiger partial charge in [-0.05, 0) is 46.9 Å². The summed E-state index contributed by atoms with van der Waals surface area (Å²) in [6, 6.07) is 23.2. The van der Waals surface area contributed by atoms with E-state index in [-0.39, 0.29) is 18.9 Å². The van der Waals surface area contributed by atoms with E-state index in [2.05, 4.69) is 4.98 Å². The molecule has 4 aromatic rings. The van der Waals surface area contributed by atoms with Crippen molar-refractivity contribution >= 4 is 44.5 Å². The first kappa shape index (κ1) is 23.9. The van der Waals surface area contributed by atoms with E-state index in [0.717, 1.165) is 26.9 Å². The number of aliphatic carboxylic acids is 1. The van der Waals surface area contributed by atoms with Crippen LogP contribution >= 0.6 is 11.3 Å². The monoisotopic (exact) mass is 496 g/mol. The van der Waals surface area contributed by atoms with Crippen LogP contribution in [0.25, 0.3) is 21.3 Å². The summed E-state index contributed by atoms with van der Waals surface area (Å²) in [5.74, 6) is -1.20. The quantitative estimate of drug-likeness (QED) is 0.277. The molecule has 9 heteroatoms. The highest BCUT2D eigenvalue weighted by molar-refractivity contribution is 7.80. The van der Waals surface area contributed by atoms with Crippen molar-refractivity contribution in [2.45, 2.75) is 20.0 Å². The lowest BCUT2D eigenvalue weighted by Crippen LogP contribution is -2.31. The average molecular weight is 497 g/mol. The lowest BCUT2D eigenvalue weighted by Gasteiger charge is -2.23. The number of thiazole rings is 1. The minimum absolute atomic E-state index is 0.0686. The van der Waals surface area contributed by atoms with Crippen molar-refractivity contribution < 1.29 is 23.4 Å². The number of carboxylic acid groups (broad SMARTS) is 1. The number of para-hydroxylation sites is 1. The highest BCUT2D eigenvalue weighted by Crippen LogP contribution is 2.29. The van der Waals surface area contributed by atoms with Crippen LogP contribution in [0.2, 0.25) is 0 Å². The second-order valence-corrected chi connectivity index (χ2v) is 9.87. The standard InChI is InChI=1S/C25H24N2O5S2/c1-17(14-24(28)29)15-27(34(30)31)21-12-10-20(11-13-21)19-8-6-18(7-9-19)16-32-25-26-22-4-2-3-5-23(22)33-25/h2-13,17H,14-16H2,1H3,(H,28,29)(H,30,31). The van der Waals surface area contributed by atoms with Gasteiger partial charge in [0.2, 0.25) is 0 Å². The number of hydrogen-bond donors (Lipinski definition) is 2. The lowest BCUT2D eigenvalue weighted by molar-refractivity contribution is -0.137. The minimum atomic E-state index is -2.25. The Balaban J connectivity index is 1.40. The molecule has 0 saturated carbocycles. The molecule has 2 unspecified atom stereocenters. The Bertz CT molecular complexity index is 1260. The number of ether oxygens (including phenoxy) is 1. The molecule has 4 rings (SSSR count). The van der Waals surface area contributed by atoms with Crippen LogP contribution in [0.5, 0.6) is 5.19 Å². The van der Waals surface area contributed by atoms with E-state index < -0.39 is 17.2 Å². The first-order chi connectivity index (χ1) is 16.4. The van der Waals surface area contributed by atoms with Crippen molar-refractivity contribution in [2.75, 3.05) is 10.8 Å². The zero-order valence-electron chi connectivity index (χ0n) is 18.5. The number of carboxylic acids is 1. The molecule has 1 aromatic heterocycles. The molecule has 0 bridgehead atoms. The summed E-state index contributed by atoms with van der Waals surface area (Å²) in [6.45, 7) is 2.33. The van der Waals surface area contributed by atoms with Gasteiger partial charge >= 0.3 is 5.97 Å². The maximum Gasteiger partial charge on any atom is 0.303 e. The van der Waals surface area contributed by atoms with Crippen molar-refractivity contribution in [2.24, 2.45) is 5.92 Å². The molecule has 0 aliphatic heterocycles. The fourth-order valence-corrected chi connectivity index (χ4v) is 5.08. The van der Waals surface area contributed by atoms with Gasteiger partial charge in [0, 0.05) is 13.0 Å². The summed E-state index contributed by atoms with van der Waals surface area (Å²) in [6.07, 6.45) is -0.0686. The fourth-order valence-electron chi connectivity index (χ4n) is 3.58. The number of hydrogen-bond acceptors (Lipinski definition) is 5. The third-order valence-corrected chi connectivity index (χ3v) is 6.95. The molecule has 7 nitrogen and oxygen atoms in total. The number of fused-ring (bicyclic) bond motifs is 1. The predicted octanol–water partition coefficient (Wildman–Crippen LogP) is 5.60. The summed E-state index contributed by atoms with van der Waals surface area (Å²) in [7, 11) is 0. The Morgan fingerprint density at radius 1 is 1.06 bits per heavy atom. The van der Waals surface area contributed by atoms with Gasteiger partial charge in [-0.3, -0.25) is 13.7 Å². The van der Waals surface area contributed by atoms with Gasteiger partial charge in [0.05, 0.1) is 15.9 Å². The van der Waals surface area contributed by atoms with Gasteiger partial charge in [0.25, 0.3) is 16.5 Å². The van der Waals surface area contributed by atoms with Crippen molar-refractivity contribution in [3.05, 3.63) is 78.4 Å². The molecule has 0 aliphatic rings.